The summed E-state index contributed by atoms with van der Waals surface area (Å²) in [4.78, 5) is 42.9. The highest BCUT2D eigenvalue weighted by Gasteiger charge is 2.22. The number of fused-ring (bicyclic) bond motifs is 2. The van der Waals surface area contributed by atoms with Crippen molar-refractivity contribution in [1.29, 1.82) is 0 Å². The van der Waals surface area contributed by atoms with Crippen molar-refractivity contribution in [2.24, 2.45) is 0 Å². The van der Waals surface area contributed by atoms with Crippen LogP contribution in [0, 0.1) is 13.8 Å². The summed E-state index contributed by atoms with van der Waals surface area (Å²) in [5, 5.41) is 18.3. The number of carbonyl (C=O) groups is 2. The summed E-state index contributed by atoms with van der Waals surface area (Å²) in [5.41, 5.74) is 6.44. The van der Waals surface area contributed by atoms with Crippen molar-refractivity contribution < 1.29 is 14.7 Å². The summed E-state index contributed by atoms with van der Waals surface area (Å²) in [7, 11) is 4.29. The van der Waals surface area contributed by atoms with Crippen LogP contribution in [0.2, 0.25) is 0 Å². The Hall–Kier alpha value is -4.52. The number of nitrogens with one attached hydrogen (secondary N) is 1. The summed E-state index contributed by atoms with van der Waals surface area (Å²) in [5.74, 6) is -0.799. The van der Waals surface area contributed by atoms with Crippen molar-refractivity contribution in [2.75, 3.05) is 66.5 Å². The molecule has 2 N–H and O–H groups in total. The molecule has 9 nitrogen and oxygen atoms in total. The Kier molecular flexibility index (Phi) is 13.0. The Labute approximate surface area is 319 Å². The first kappa shape index (κ1) is 38.2. The van der Waals surface area contributed by atoms with Crippen LogP contribution in [-0.4, -0.2) is 108 Å². The van der Waals surface area contributed by atoms with Gasteiger partial charge in [-0.15, -0.1) is 22.7 Å². The Morgan fingerprint density at radius 3 is 1.81 bits per heavy atom. The van der Waals surface area contributed by atoms with E-state index < -0.39 is 5.97 Å². The van der Waals surface area contributed by atoms with Crippen LogP contribution in [-0.2, 0) is 0 Å². The predicted octanol–water partition coefficient (Wildman–Crippen LogP) is 7.93. The summed E-state index contributed by atoms with van der Waals surface area (Å²) in [6.07, 6.45) is 2.32. The lowest BCUT2D eigenvalue weighted by atomic mass is 10.0. The van der Waals surface area contributed by atoms with Gasteiger partial charge in [-0.1, -0.05) is 35.4 Å². The van der Waals surface area contributed by atoms with Gasteiger partial charge in [-0.2, -0.15) is 0 Å². The van der Waals surface area contributed by atoms with Gasteiger partial charge < -0.3 is 25.1 Å². The van der Waals surface area contributed by atoms with Crippen molar-refractivity contribution in [3.05, 3.63) is 106 Å². The molecule has 1 amide bonds. The summed E-state index contributed by atoms with van der Waals surface area (Å²) in [6, 6.07) is 23.4. The Balaban J connectivity index is 0.000000155. The highest BCUT2D eigenvalue weighted by atomic mass is 32.1. The van der Waals surface area contributed by atoms with Gasteiger partial charge in [0.25, 0.3) is 5.91 Å². The van der Waals surface area contributed by atoms with Gasteiger partial charge in [-0.25, -0.2) is 14.8 Å². The summed E-state index contributed by atoms with van der Waals surface area (Å²) < 4.78 is 0. The van der Waals surface area contributed by atoms with E-state index in [1.807, 2.05) is 71.1 Å². The molecular formula is C42H48N6O3S2. The summed E-state index contributed by atoms with van der Waals surface area (Å²) >= 11 is 3.21. The molecule has 0 bridgehead atoms. The van der Waals surface area contributed by atoms with Crippen molar-refractivity contribution >= 4 is 56.4 Å². The minimum atomic E-state index is -0.921. The molecule has 2 fully saturated rings. The SMILES string of the molecule is CN1CCCNCC1.Cc1ccc2nc(-c3cccs3)cc(C(=O)N3CCCN(C)CC3)c2c1.Cc1ccc2nc(-c3cccs3)cc(C(=O)O)c2c1. The molecule has 8 rings (SSSR count). The first-order valence-electron chi connectivity index (χ1n) is 18.2. The van der Waals surface area contributed by atoms with Gasteiger partial charge in [0.2, 0.25) is 0 Å². The molecule has 0 saturated carbocycles. The molecule has 0 aliphatic carbocycles. The van der Waals surface area contributed by atoms with E-state index in [1.54, 1.807) is 28.7 Å². The minimum Gasteiger partial charge on any atom is -0.478 e. The lowest BCUT2D eigenvalue weighted by molar-refractivity contribution is 0.0697. The maximum atomic E-state index is 13.4. The number of thiophene rings is 2. The number of hydrogen-bond donors (Lipinski definition) is 2. The predicted molar refractivity (Wildman–Crippen MR) is 220 cm³/mol. The zero-order valence-corrected chi connectivity index (χ0v) is 32.6. The number of aryl methyl sites for hydroxylation is 2. The van der Waals surface area contributed by atoms with Crippen LogP contribution in [0.1, 0.15) is 44.7 Å². The molecule has 11 heteroatoms. The highest BCUT2D eigenvalue weighted by molar-refractivity contribution is 7.13. The van der Waals surface area contributed by atoms with Crippen LogP contribution in [0.4, 0.5) is 0 Å². The maximum Gasteiger partial charge on any atom is 0.336 e. The standard InChI is InChI=1S/C21H23N3OS.C15H11NO2S.C6H14N2/c1-15-6-7-18-16(13-15)17(14-19(22-18)20-5-3-12-26-20)21(25)24-9-4-8-23(2)10-11-24;1-9-4-5-12-10(7-9)11(15(17)18)8-13(16-12)14-3-2-6-19-14;1-8-5-2-3-7-4-6-8/h3,5-7,12-14H,4,8-11H2,1-2H3;2-8H,1H3,(H,17,18);7H,2-6H2,1H3. The number of aromatic nitrogens is 2. The number of carboxylic acid groups (broad SMARTS) is 1. The van der Waals surface area contributed by atoms with Gasteiger partial charge in [0, 0.05) is 43.5 Å². The molecule has 0 unspecified atom stereocenters. The number of likely N-dealkylation sites (N-methyl/N-ethyl adjacent to an activating group) is 2. The second kappa shape index (κ2) is 18.0. The van der Waals surface area contributed by atoms with Gasteiger partial charge in [0.1, 0.15) is 0 Å². The smallest absolute Gasteiger partial charge is 0.336 e. The first-order valence-corrected chi connectivity index (χ1v) is 19.9. The fourth-order valence-electron chi connectivity index (χ4n) is 6.53. The van der Waals surface area contributed by atoms with Crippen LogP contribution < -0.4 is 5.32 Å². The third kappa shape index (κ3) is 9.92. The Morgan fingerprint density at radius 2 is 1.23 bits per heavy atom. The van der Waals surface area contributed by atoms with E-state index in [4.69, 9.17) is 4.98 Å². The average molecular weight is 749 g/mol. The number of amides is 1. The molecule has 2 saturated heterocycles. The molecule has 6 aromatic rings. The maximum absolute atomic E-state index is 13.4. The van der Waals surface area contributed by atoms with Gasteiger partial charge in [0.15, 0.2) is 0 Å². The second-order valence-electron chi connectivity index (χ2n) is 13.8. The largest absolute Gasteiger partial charge is 0.478 e. The van der Waals surface area contributed by atoms with E-state index in [0.29, 0.717) is 22.2 Å². The number of carbonyl (C=O) groups excluding carboxylic acids is 1. The van der Waals surface area contributed by atoms with E-state index in [0.717, 1.165) is 82.2 Å². The van der Waals surface area contributed by atoms with E-state index >= 15 is 0 Å². The molecule has 0 radical (unpaired) electrons. The molecule has 4 aromatic heterocycles. The number of nitrogens with zero attached hydrogens (tertiary/aromatic N) is 5. The summed E-state index contributed by atoms with van der Waals surface area (Å²) in [6.45, 7) is 12.4. The highest BCUT2D eigenvalue weighted by Crippen LogP contribution is 2.30. The lowest BCUT2D eigenvalue weighted by Crippen LogP contribution is -2.34. The molecule has 2 aromatic carbocycles. The number of aromatic carboxylic acids is 1. The second-order valence-corrected chi connectivity index (χ2v) is 15.7. The Bertz CT molecular complexity index is 2140. The molecule has 53 heavy (non-hydrogen) atoms. The number of pyridine rings is 2. The number of carboxylic acids is 1. The van der Waals surface area contributed by atoms with Crippen molar-refractivity contribution in [3.8, 4) is 21.1 Å². The lowest BCUT2D eigenvalue weighted by Gasteiger charge is -2.22. The molecule has 2 aliphatic heterocycles. The van der Waals surface area contributed by atoms with E-state index in [-0.39, 0.29) is 5.91 Å². The number of hydrogen-bond acceptors (Lipinski definition) is 9. The zero-order chi connectivity index (χ0) is 37.3. The van der Waals surface area contributed by atoms with Crippen LogP contribution in [0.3, 0.4) is 0 Å². The molecule has 0 atom stereocenters. The minimum absolute atomic E-state index is 0.121. The van der Waals surface area contributed by atoms with Crippen LogP contribution >= 0.6 is 22.7 Å². The fourth-order valence-corrected chi connectivity index (χ4v) is 7.91. The average Bonchev–Trinajstić information content (AvgIpc) is 3.80. The molecule has 0 spiro atoms. The van der Waals surface area contributed by atoms with E-state index in [9.17, 15) is 14.7 Å². The Morgan fingerprint density at radius 1 is 0.660 bits per heavy atom. The third-order valence-electron chi connectivity index (χ3n) is 9.51. The first-order chi connectivity index (χ1) is 25.7. The van der Waals surface area contributed by atoms with Crippen molar-refractivity contribution in [2.45, 2.75) is 26.7 Å². The van der Waals surface area contributed by atoms with Gasteiger partial charge in [-0.3, -0.25) is 4.79 Å². The van der Waals surface area contributed by atoms with E-state index in [2.05, 4.69) is 59.3 Å². The molecule has 276 valence electrons. The van der Waals surface area contributed by atoms with Gasteiger partial charge in [-0.05, 0) is 120 Å². The molecular weight excluding hydrogens is 701 g/mol. The van der Waals surface area contributed by atoms with Crippen LogP contribution in [0.5, 0.6) is 0 Å². The topological polar surface area (TPSA) is 102 Å². The van der Waals surface area contributed by atoms with Gasteiger partial charge in [0.05, 0.1) is 43.3 Å². The van der Waals surface area contributed by atoms with Crippen LogP contribution in [0.15, 0.2) is 83.6 Å². The number of benzene rings is 2. The number of rotatable bonds is 4. The molecule has 6 heterocycles. The fraction of sp³-hybridized carbons (Fsp3) is 0.333. The normalized spacial score (nSPS) is 15.5. The van der Waals surface area contributed by atoms with Crippen molar-refractivity contribution in [3.63, 3.8) is 0 Å². The third-order valence-corrected chi connectivity index (χ3v) is 11.3. The quantitative estimate of drug-likeness (QED) is 0.188. The van der Waals surface area contributed by atoms with Gasteiger partial charge >= 0.3 is 5.97 Å². The zero-order valence-electron chi connectivity index (χ0n) is 31.0. The van der Waals surface area contributed by atoms with E-state index in [1.165, 1.54) is 26.1 Å². The van der Waals surface area contributed by atoms with Crippen molar-refractivity contribution in [1.82, 2.24) is 30.0 Å². The molecule has 2 aliphatic rings. The monoisotopic (exact) mass is 748 g/mol. The van der Waals surface area contributed by atoms with Crippen LogP contribution in [0.25, 0.3) is 42.9 Å².